The van der Waals surface area contributed by atoms with Crippen LogP contribution >= 0.6 is 0 Å². The van der Waals surface area contributed by atoms with E-state index in [1.54, 1.807) is 18.2 Å². The van der Waals surface area contributed by atoms with E-state index in [0.29, 0.717) is 29.7 Å². The van der Waals surface area contributed by atoms with Gasteiger partial charge in [0.1, 0.15) is 0 Å². The Balaban J connectivity index is 2.23. The van der Waals surface area contributed by atoms with Crippen molar-refractivity contribution >= 4 is 11.9 Å². The van der Waals surface area contributed by atoms with E-state index in [1.165, 1.54) is 0 Å². The zero-order valence-electron chi connectivity index (χ0n) is 13.7. The molecule has 0 radical (unpaired) electrons. The smallest absolute Gasteiger partial charge is 0.341 e. The molecular formula is C17H23NO5. The Morgan fingerprint density at radius 1 is 1.26 bits per heavy atom. The third-order valence-corrected chi connectivity index (χ3v) is 3.57. The van der Waals surface area contributed by atoms with Gasteiger partial charge < -0.3 is 19.5 Å². The summed E-state index contributed by atoms with van der Waals surface area (Å²) in [6.07, 6.45) is 2.09. The van der Waals surface area contributed by atoms with Gasteiger partial charge >= 0.3 is 5.97 Å². The minimum Gasteiger partial charge on any atom is -0.490 e. The Kier molecular flexibility index (Phi) is 5.47. The molecule has 1 fully saturated rings. The van der Waals surface area contributed by atoms with Crippen molar-refractivity contribution in [3.05, 3.63) is 23.8 Å². The van der Waals surface area contributed by atoms with Crippen LogP contribution in [0.25, 0.3) is 0 Å². The molecule has 1 amide bonds. The van der Waals surface area contributed by atoms with E-state index in [-0.39, 0.29) is 11.9 Å². The molecule has 1 aliphatic rings. The SMILES string of the molecule is CCOc1cc(C(=O)N(C(C)C)C2CC2)ccc1OCC(=O)O. The van der Waals surface area contributed by atoms with Crippen LogP contribution in [0, 0.1) is 0 Å². The molecule has 1 aromatic rings. The van der Waals surface area contributed by atoms with Gasteiger partial charge in [0.2, 0.25) is 0 Å². The maximum Gasteiger partial charge on any atom is 0.341 e. The molecule has 1 saturated carbocycles. The predicted octanol–water partition coefficient (Wildman–Crippen LogP) is 2.56. The number of carboxylic acid groups (broad SMARTS) is 1. The van der Waals surface area contributed by atoms with Crippen LogP contribution in [0.1, 0.15) is 44.0 Å². The number of carbonyl (C=O) groups is 2. The number of ether oxygens (including phenoxy) is 2. The number of hydrogen-bond acceptors (Lipinski definition) is 4. The van der Waals surface area contributed by atoms with Gasteiger partial charge in [-0.25, -0.2) is 4.79 Å². The van der Waals surface area contributed by atoms with E-state index in [0.717, 1.165) is 12.8 Å². The van der Waals surface area contributed by atoms with E-state index in [9.17, 15) is 9.59 Å². The summed E-state index contributed by atoms with van der Waals surface area (Å²) in [6, 6.07) is 5.32. The van der Waals surface area contributed by atoms with E-state index in [4.69, 9.17) is 14.6 Å². The van der Waals surface area contributed by atoms with Crippen LogP contribution in [0.15, 0.2) is 18.2 Å². The number of rotatable bonds is 8. The van der Waals surface area contributed by atoms with Gasteiger partial charge in [-0.2, -0.15) is 0 Å². The molecule has 2 rings (SSSR count). The van der Waals surface area contributed by atoms with Gasteiger partial charge in [-0.15, -0.1) is 0 Å². The maximum atomic E-state index is 12.7. The van der Waals surface area contributed by atoms with Crippen molar-refractivity contribution < 1.29 is 24.2 Å². The van der Waals surface area contributed by atoms with Gasteiger partial charge in [0.15, 0.2) is 18.1 Å². The Bertz CT molecular complexity index is 578. The third-order valence-electron chi connectivity index (χ3n) is 3.57. The highest BCUT2D eigenvalue weighted by Gasteiger charge is 2.34. The highest BCUT2D eigenvalue weighted by Crippen LogP contribution is 2.33. The number of carbonyl (C=O) groups excluding carboxylic acids is 1. The van der Waals surface area contributed by atoms with Crippen molar-refractivity contribution in [3.8, 4) is 11.5 Å². The van der Waals surface area contributed by atoms with Gasteiger partial charge in [0.25, 0.3) is 5.91 Å². The molecule has 126 valence electrons. The fraction of sp³-hybridized carbons (Fsp3) is 0.529. The van der Waals surface area contributed by atoms with E-state index in [2.05, 4.69) is 0 Å². The minimum atomic E-state index is -1.06. The summed E-state index contributed by atoms with van der Waals surface area (Å²) in [5.41, 5.74) is 0.525. The molecule has 0 heterocycles. The second kappa shape index (κ2) is 7.35. The fourth-order valence-electron chi connectivity index (χ4n) is 2.49. The van der Waals surface area contributed by atoms with Crippen LogP contribution in [0.2, 0.25) is 0 Å². The van der Waals surface area contributed by atoms with Crippen LogP contribution in [0.4, 0.5) is 0 Å². The second-order valence-corrected chi connectivity index (χ2v) is 5.81. The van der Waals surface area contributed by atoms with E-state index < -0.39 is 12.6 Å². The molecule has 0 aromatic heterocycles. The van der Waals surface area contributed by atoms with E-state index >= 15 is 0 Å². The number of carboxylic acids is 1. The summed E-state index contributed by atoms with van der Waals surface area (Å²) in [6.45, 7) is 5.78. The zero-order chi connectivity index (χ0) is 17.0. The van der Waals surface area contributed by atoms with Gasteiger partial charge in [-0.1, -0.05) is 0 Å². The van der Waals surface area contributed by atoms with Crippen LogP contribution < -0.4 is 9.47 Å². The molecule has 6 heteroatoms. The molecule has 0 bridgehead atoms. The van der Waals surface area contributed by atoms with Crippen molar-refractivity contribution in [1.29, 1.82) is 0 Å². The van der Waals surface area contributed by atoms with E-state index in [1.807, 2.05) is 25.7 Å². The highest BCUT2D eigenvalue weighted by molar-refractivity contribution is 5.95. The van der Waals surface area contributed by atoms with Gasteiger partial charge in [-0.3, -0.25) is 4.79 Å². The lowest BCUT2D eigenvalue weighted by Gasteiger charge is -2.27. The summed E-state index contributed by atoms with van der Waals surface area (Å²) in [5.74, 6) is -0.382. The first-order chi connectivity index (χ1) is 10.9. The molecule has 1 aliphatic carbocycles. The lowest BCUT2D eigenvalue weighted by molar-refractivity contribution is -0.139. The van der Waals surface area contributed by atoms with Crippen molar-refractivity contribution in [2.24, 2.45) is 0 Å². The van der Waals surface area contributed by atoms with Crippen LogP contribution in [0.3, 0.4) is 0 Å². The zero-order valence-corrected chi connectivity index (χ0v) is 13.7. The average Bonchev–Trinajstić information content (AvgIpc) is 3.30. The Morgan fingerprint density at radius 2 is 1.96 bits per heavy atom. The number of nitrogens with zero attached hydrogens (tertiary/aromatic N) is 1. The lowest BCUT2D eigenvalue weighted by Crippen LogP contribution is -2.38. The molecule has 1 aromatic carbocycles. The van der Waals surface area contributed by atoms with Crippen molar-refractivity contribution in [2.75, 3.05) is 13.2 Å². The molecule has 0 spiro atoms. The summed E-state index contributed by atoms with van der Waals surface area (Å²) in [7, 11) is 0. The predicted molar refractivity (Wildman–Crippen MR) is 85.1 cm³/mol. The van der Waals surface area contributed by atoms with Gasteiger partial charge in [-0.05, 0) is 51.8 Å². The molecule has 6 nitrogen and oxygen atoms in total. The highest BCUT2D eigenvalue weighted by atomic mass is 16.5. The average molecular weight is 321 g/mol. The molecule has 0 unspecified atom stereocenters. The molecule has 23 heavy (non-hydrogen) atoms. The summed E-state index contributed by atoms with van der Waals surface area (Å²) in [4.78, 5) is 25.3. The molecule has 1 N–H and O–H groups in total. The van der Waals surface area contributed by atoms with Crippen LogP contribution in [0.5, 0.6) is 11.5 Å². The first-order valence-electron chi connectivity index (χ1n) is 7.88. The number of benzene rings is 1. The molecular weight excluding hydrogens is 298 g/mol. The first-order valence-corrected chi connectivity index (χ1v) is 7.88. The Morgan fingerprint density at radius 3 is 2.48 bits per heavy atom. The number of amides is 1. The summed E-state index contributed by atoms with van der Waals surface area (Å²) < 4.78 is 10.7. The molecule has 0 aliphatic heterocycles. The lowest BCUT2D eigenvalue weighted by atomic mass is 10.1. The minimum absolute atomic E-state index is 0.0340. The molecule has 0 atom stereocenters. The Labute approximate surface area is 136 Å². The largest absolute Gasteiger partial charge is 0.490 e. The normalized spacial score (nSPS) is 13.7. The summed E-state index contributed by atoms with van der Waals surface area (Å²) in [5, 5.41) is 8.71. The maximum absolute atomic E-state index is 12.7. The van der Waals surface area contributed by atoms with Crippen LogP contribution in [-0.4, -0.2) is 47.2 Å². The first kappa shape index (κ1) is 17.1. The third kappa shape index (κ3) is 4.37. The number of hydrogen-bond donors (Lipinski definition) is 1. The topological polar surface area (TPSA) is 76.1 Å². The van der Waals surface area contributed by atoms with Crippen molar-refractivity contribution in [2.45, 2.75) is 45.7 Å². The Hall–Kier alpha value is -2.24. The second-order valence-electron chi connectivity index (χ2n) is 5.81. The summed E-state index contributed by atoms with van der Waals surface area (Å²) >= 11 is 0. The monoisotopic (exact) mass is 321 g/mol. The number of aliphatic carboxylic acids is 1. The standard InChI is InChI=1S/C17H23NO5/c1-4-22-15-9-12(5-8-14(15)23-10-16(19)20)17(21)18(11(2)3)13-6-7-13/h5,8-9,11,13H,4,6-7,10H2,1-3H3,(H,19,20). The van der Waals surface area contributed by atoms with Gasteiger partial charge in [0.05, 0.1) is 6.61 Å². The van der Waals surface area contributed by atoms with Gasteiger partial charge in [0, 0.05) is 17.6 Å². The van der Waals surface area contributed by atoms with Crippen molar-refractivity contribution in [1.82, 2.24) is 4.90 Å². The van der Waals surface area contributed by atoms with Crippen LogP contribution in [-0.2, 0) is 4.79 Å². The fourth-order valence-corrected chi connectivity index (χ4v) is 2.49. The molecule has 0 saturated heterocycles. The quantitative estimate of drug-likeness (QED) is 0.796. The van der Waals surface area contributed by atoms with Crippen molar-refractivity contribution in [3.63, 3.8) is 0 Å².